The number of hydrogen-bond donors (Lipinski definition) is 1. The molecule has 2 nitrogen and oxygen atoms in total. The van der Waals surface area contributed by atoms with Crippen LogP contribution < -0.4 is 5.32 Å². The molecule has 4 heteroatoms. The van der Waals surface area contributed by atoms with Gasteiger partial charge in [0.1, 0.15) is 10.4 Å². The molecular weight excluding hydrogens is 176 g/mol. The van der Waals surface area contributed by atoms with E-state index < -0.39 is 0 Å². The Kier molecular flexibility index (Phi) is 2.16. The fourth-order valence-corrected chi connectivity index (χ4v) is 3.16. The number of aromatic nitrogens is 1. The fourth-order valence-electron chi connectivity index (χ4n) is 1.10. The van der Waals surface area contributed by atoms with Gasteiger partial charge in [0.25, 0.3) is 0 Å². The second-order valence-electron chi connectivity index (χ2n) is 2.65. The quantitative estimate of drug-likeness (QED) is 0.724. The molecule has 0 radical (unpaired) electrons. The lowest BCUT2D eigenvalue weighted by atomic mass is 10.4. The average molecular weight is 186 g/mol. The van der Waals surface area contributed by atoms with Gasteiger partial charge in [-0.1, -0.05) is 0 Å². The first-order chi connectivity index (χ1) is 5.36. The minimum Gasteiger partial charge on any atom is -0.296 e. The second kappa shape index (κ2) is 3.13. The maximum atomic E-state index is 4.27. The molecular formula is C7H10N2S2. The van der Waals surface area contributed by atoms with Crippen molar-refractivity contribution in [3.05, 3.63) is 16.6 Å². The molecule has 0 amide bonds. The number of hydrogen-bond acceptors (Lipinski definition) is 4. The smallest absolute Gasteiger partial charge is 0.120 e. The largest absolute Gasteiger partial charge is 0.296 e. The molecule has 1 aliphatic rings. The zero-order valence-corrected chi connectivity index (χ0v) is 7.91. The molecule has 0 saturated carbocycles. The van der Waals surface area contributed by atoms with Gasteiger partial charge in [0.05, 0.1) is 0 Å². The Labute approximate surface area is 74.4 Å². The molecule has 11 heavy (non-hydrogen) atoms. The molecule has 1 aliphatic heterocycles. The highest BCUT2D eigenvalue weighted by atomic mass is 32.2. The highest BCUT2D eigenvalue weighted by Gasteiger charge is 2.23. The minimum atomic E-state index is 0.449. The first-order valence-electron chi connectivity index (χ1n) is 3.63. The van der Waals surface area contributed by atoms with E-state index >= 15 is 0 Å². The third-order valence-corrected chi connectivity index (χ3v) is 4.00. The third kappa shape index (κ3) is 1.58. The van der Waals surface area contributed by atoms with E-state index in [1.54, 1.807) is 11.3 Å². The Hall–Kier alpha value is -0.0600. The normalized spacial score (nSPS) is 31.0. The summed E-state index contributed by atoms with van der Waals surface area (Å²) in [6.45, 7) is 2.21. The van der Waals surface area contributed by atoms with Crippen molar-refractivity contribution < 1.29 is 0 Å². The average Bonchev–Trinajstić information content (AvgIpc) is 2.55. The van der Waals surface area contributed by atoms with Gasteiger partial charge < -0.3 is 0 Å². The van der Waals surface area contributed by atoms with Gasteiger partial charge in [0, 0.05) is 23.4 Å². The SMILES string of the molecule is CC1CSC(c2nccs2)N1. The molecule has 1 N–H and O–H groups in total. The Balaban J connectivity index is 2.08. The van der Waals surface area contributed by atoms with Crippen molar-refractivity contribution in [2.24, 2.45) is 0 Å². The van der Waals surface area contributed by atoms with Crippen molar-refractivity contribution in [2.75, 3.05) is 5.75 Å². The van der Waals surface area contributed by atoms with Crippen LogP contribution in [-0.4, -0.2) is 16.8 Å². The molecule has 2 heterocycles. The number of rotatable bonds is 1. The van der Waals surface area contributed by atoms with E-state index in [1.165, 1.54) is 10.8 Å². The van der Waals surface area contributed by atoms with Crippen LogP contribution >= 0.6 is 23.1 Å². The second-order valence-corrected chi connectivity index (χ2v) is 4.72. The monoisotopic (exact) mass is 186 g/mol. The van der Waals surface area contributed by atoms with Crippen LogP contribution in [0.25, 0.3) is 0 Å². The minimum absolute atomic E-state index is 0.449. The van der Waals surface area contributed by atoms with Crippen molar-refractivity contribution in [1.82, 2.24) is 10.3 Å². The number of thioether (sulfide) groups is 1. The van der Waals surface area contributed by atoms with Crippen molar-refractivity contribution in [1.29, 1.82) is 0 Å². The van der Waals surface area contributed by atoms with E-state index in [1.807, 2.05) is 23.3 Å². The Bertz CT molecular complexity index is 222. The fraction of sp³-hybridized carbons (Fsp3) is 0.571. The molecule has 0 aliphatic carbocycles. The van der Waals surface area contributed by atoms with Gasteiger partial charge in [0.15, 0.2) is 0 Å². The summed E-state index contributed by atoms with van der Waals surface area (Å²) >= 11 is 3.67. The summed E-state index contributed by atoms with van der Waals surface area (Å²) in [7, 11) is 0. The Morgan fingerprint density at radius 1 is 1.73 bits per heavy atom. The predicted molar refractivity (Wildman–Crippen MR) is 49.9 cm³/mol. The van der Waals surface area contributed by atoms with E-state index in [9.17, 15) is 0 Å². The van der Waals surface area contributed by atoms with Gasteiger partial charge in [-0.3, -0.25) is 5.32 Å². The van der Waals surface area contributed by atoms with E-state index in [-0.39, 0.29) is 0 Å². The molecule has 2 atom stereocenters. The van der Waals surface area contributed by atoms with Crippen LogP contribution in [0.15, 0.2) is 11.6 Å². The van der Waals surface area contributed by atoms with Crippen LogP contribution in [0.4, 0.5) is 0 Å². The van der Waals surface area contributed by atoms with E-state index in [2.05, 4.69) is 17.2 Å². The first-order valence-corrected chi connectivity index (χ1v) is 5.56. The summed E-state index contributed by atoms with van der Waals surface area (Å²) < 4.78 is 0. The molecule has 1 fully saturated rings. The highest BCUT2D eigenvalue weighted by molar-refractivity contribution is 7.99. The number of nitrogens with one attached hydrogen (secondary N) is 1. The van der Waals surface area contributed by atoms with Crippen LogP contribution in [0.3, 0.4) is 0 Å². The summed E-state index contributed by atoms with van der Waals surface area (Å²) in [5, 5.41) is 7.15. The van der Waals surface area contributed by atoms with Gasteiger partial charge in [-0.05, 0) is 6.92 Å². The van der Waals surface area contributed by atoms with Crippen molar-refractivity contribution in [2.45, 2.75) is 18.3 Å². The first kappa shape index (κ1) is 7.58. The molecule has 2 rings (SSSR count). The van der Waals surface area contributed by atoms with Gasteiger partial charge in [0.2, 0.25) is 0 Å². The molecule has 2 unspecified atom stereocenters. The third-order valence-electron chi connectivity index (χ3n) is 1.62. The van der Waals surface area contributed by atoms with Crippen molar-refractivity contribution in [3.63, 3.8) is 0 Å². The van der Waals surface area contributed by atoms with Crippen LogP contribution in [0.1, 0.15) is 17.3 Å². The molecule has 60 valence electrons. The summed E-state index contributed by atoms with van der Waals surface area (Å²) in [4.78, 5) is 4.27. The van der Waals surface area contributed by atoms with E-state index in [0.717, 1.165) is 0 Å². The van der Waals surface area contributed by atoms with Gasteiger partial charge in [-0.2, -0.15) is 0 Å². The lowest BCUT2D eigenvalue weighted by Gasteiger charge is -2.05. The lowest BCUT2D eigenvalue weighted by Crippen LogP contribution is -2.21. The predicted octanol–water partition coefficient (Wildman–Crippen LogP) is 1.87. The highest BCUT2D eigenvalue weighted by Crippen LogP contribution is 2.33. The number of thiazole rings is 1. The molecule has 0 bridgehead atoms. The summed E-state index contributed by atoms with van der Waals surface area (Å²) in [5.74, 6) is 1.20. The summed E-state index contributed by atoms with van der Waals surface area (Å²) in [6, 6.07) is 0.633. The number of nitrogens with zero attached hydrogens (tertiary/aromatic N) is 1. The molecule has 0 spiro atoms. The molecule has 1 saturated heterocycles. The summed E-state index contributed by atoms with van der Waals surface area (Å²) in [6.07, 6.45) is 1.87. The van der Waals surface area contributed by atoms with Crippen molar-refractivity contribution >= 4 is 23.1 Å². The van der Waals surface area contributed by atoms with E-state index in [0.29, 0.717) is 11.4 Å². The topological polar surface area (TPSA) is 24.9 Å². The maximum absolute atomic E-state index is 4.27. The van der Waals surface area contributed by atoms with E-state index in [4.69, 9.17) is 0 Å². The standard InChI is InChI=1S/C7H10N2S2/c1-5-4-11-7(9-5)6-8-2-3-10-6/h2-3,5,7,9H,4H2,1H3. The zero-order chi connectivity index (χ0) is 7.68. The van der Waals surface area contributed by atoms with Gasteiger partial charge in [-0.15, -0.1) is 23.1 Å². The van der Waals surface area contributed by atoms with Crippen molar-refractivity contribution in [3.8, 4) is 0 Å². The summed E-state index contributed by atoms with van der Waals surface area (Å²) in [5.41, 5.74) is 0. The van der Waals surface area contributed by atoms with Crippen LogP contribution in [0.5, 0.6) is 0 Å². The lowest BCUT2D eigenvalue weighted by molar-refractivity contribution is 0.616. The zero-order valence-electron chi connectivity index (χ0n) is 6.28. The van der Waals surface area contributed by atoms with Crippen LogP contribution in [0, 0.1) is 0 Å². The Morgan fingerprint density at radius 3 is 3.18 bits per heavy atom. The molecule has 1 aromatic heterocycles. The maximum Gasteiger partial charge on any atom is 0.120 e. The van der Waals surface area contributed by atoms with Crippen LogP contribution in [-0.2, 0) is 0 Å². The van der Waals surface area contributed by atoms with Crippen LogP contribution in [0.2, 0.25) is 0 Å². The van der Waals surface area contributed by atoms with Gasteiger partial charge in [-0.25, -0.2) is 4.98 Å². The molecule has 0 aromatic carbocycles. The Morgan fingerprint density at radius 2 is 2.64 bits per heavy atom. The molecule has 1 aromatic rings. The van der Waals surface area contributed by atoms with Gasteiger partial charge >= 0.3 is 0 Å².